The van der Waals surface area contributed by atoms with Gasteiger partial charge in [-0.1, -0.05) is 17.7 Å². The van der Waals surface area contributed by atoms with E-state index in [9.17, 15) is 14.4 Å². The maximum Gasteiger partial charge on any atom is 0.348 e. The summed E-state index contributed by atoms with van der Waals surface area (Å²) >= 11 is 6.82. The molecule has 0 bridgehead atoms. The van der Waals surface area contributed by atoms with Gasteiger partial charge in [-0.05, 0) is 37.6 Å². The van der Waals surface area contributed by atoms with Gasteiger partial charge in [-0.25, -0.2) is 4.79 Å². The maximum absolute atomic E-state index is 12.3. The van der Waals surface area contributed by atoms with Gasteiger partial charge in [-0.2, -0.15) is 0 Å². The molecule has 0 unspecified atom stereocenters. The zero-order valence-electron chi connectivity index (χ0n) is 13.0. The number of benzene rings is 1. The molecule has 0 spiro atoms. The zero-order valence-corrected chi connectivity index (χ0v) is 14.6. The number of hydrogen-bond acceptors (Lipinski definition) is 5. The summed E-state index contributed by atoms with van der Waals surface area (Å²) in [6, 6.07) is 6.35. The average Bonchev–Trinajstić information content (AvgIpc) is 2.84. The van der Waals surface area contributed by atoms with Gasteiger partial charge in [-0.3, -0.25) is 9.59 Å². The molecule has 1 aromatic heterocycles. The highest BCUT2D eigenvalue weighted by Gasteiger charge is 2.25. The Balaban J connectivity index is 2.39. The molecule has 6 nitrogen and oxygen atoms in total. The Labute approximate surface area is 147 Å². The Bertz CT molecular complexity index is 816. The number of thiophene rings is 1. The smallest absolute Gasteiger partial charge is 0.348 e. The molecule has 2 aromatic rings. The molecule has 0 radical (unpaired) electrons. The lowest BCUT2D eigenvalue weighted by Crippen LogP contribution is -2.17. The van der Waals surface area contributed by atoms with Gasteiger partial charge in [0.15, 0.2) is 0 Å². The van der Waals surface area contributed by atoms with Gasteiger partial charge >= 0.3 is 5.97 Å². The predicted octanol–water partition coefficient (Wildman–Crippen LogP) is 3.24. The minimum absolute atomic E-state index is 0.0958. The summed E-state index contributed by atoms with van der Waals surface area (Å²) in [5, 5.41) is 3.22. The summed E-state index contributed by atoms with van der Waals surface area (Å²) in [5.74, 6) is -1.76. The number of nitrogens with two attached hydrogens (primary N) is 1. The van der Waals surface area contributed by atoms with Crippen molar-refractivity contribution in [1.29, 1.82) is 0 Å². The second-order valence-electron chi connectivity index (χ2n) is 4.81. The number of carbonyl (C=O) groups is 3. The molecule has 2 amide bonds. The number of anilines is 1. The normalized spacial score (nSPS) is 10.3. The number of primary amides is 1. The fraction of sp³-hybridized carbons (Fsp3) is 0.188. The molecule has 0 fully saturated rings. The summed E-state index contributed by atoms with van der Waals surface area (Å²) in [5.41, 5.74) is 6.18. The van der Waals surface area contributed by atoms with E-state index in [2.05, 4.69) is 5.32 Å². The SMILES string of the molecule is CCOC(=O)c1sc(NC(=O)c2cccc(Cl)c2)c(C(N)=O)c1C. The van der Waals surface area contributed by atoms with Crippen LogP contribution in [0.2, 0.25) is 5.02 Å². The molecule has 0 saturated carbocycles. The first-order valence-electron chi connectivity index (χ1n) is 7.02. The van der Waals surface area contributed by atoms with Crippen LogP contribution in [-0.2, 0) is 4.74 Å². The van der Waals surface area contributed by atoms with Crippen LogP contribution >= 0.6 is 22.9 Å². The number of hydrogen-bond donors (Lipinski definition) is 2. The molecule has 0 aliphatic rings. The monoisotopic (exact) mass is 366 g/mol. The van der Waals surface area contributed by atoms with Gasteiger partial charge in [0.1, 0.15) is 9.88 Å². The van der Waals surface area contributed by atoms with Crippen molar-refractivity contribution in [1.82, 2.24) is 0 Å². The molecule has 0 aliphatic carbocycles. The van der Waals surface area contributed by atoms with Crippen molar-refractivity contribution in [3.63, 3.8) is 0 Å². The number of carbonyl (C=O) groups excluding carboxylic acids is 3. The molecule has 1 aromatic carbocycles. The Morgan fingerprint density at radius 1 is 1.33 bits per heavy atom. The maximum atomic E-state index is 12.3. The van der Waals surface area contributed by atoms with E-state index >= 15 is 0 Å². The summed E-state index contributed by atoms with van der Waals surface area (Å²) in [6.07, 6.45) is 0. The van der Waals surface area contributed by atoms with Crippen molar-refractivity contribution < 1.29 is 19.1 Å². The third-order valence-corrected chi connectivity index (χ3v) is 4.59. The second-order valence-corrected chi connectivity index (χ2v) is 6.27. The molecule has 24 heavy (non-hydrogen) atoms. The van der Waals surface area contributed by atoms with Crippen molar-refractivity contribution in [2.45, 2.75) is 13.8 Å². The summed E-state index contributed by atoms with van der Waals surface area (Å²) in [6.45, 7) is 3.46. The minimum atomic E-state index is -0.735. The minimum Gasteiger partial charge on any atom is -0.462 e. The van der Waals surface area contributed by atoms with Crippen LogP contribution in [-0.4, -0.2) is 24.4 Å². The zero-order chi connectivity index (χ0) is 17.9. The number of rotatable bonds is 5. The van der Waals surface area contributed by atoms with Crippen LogP contribution in [0.1, 0.15) is 42.9 Å². The van der Waals surface area contributed by atoms with E-state index in [1.165, 1.54) is 6.07 Å². The van der Waals surface area contributed by atoms with Crippen molar-refractivity contribution in [3.8, 4) is 0 Å². The molecule has 2 rings (SSSR count). The number of amides is 2. The fourth-order valence-corrected chi connectivity index (χ4v) is 3.39. The van der Waals surface area contributed by atoms with E-state index in [1.54, 1.807) is 32.0 Å². The quantitative estimate of drug-likeness (QED) is 0.793. The van der Waals surface area contributed by atoms with Gasteiger partial charge < -0.3 is 15.8 Å². The van der Waals surface area contributed by atoms with Crippen LogP contribution in [0.25, 0.3) is 0 Å². The van der Waals surface area contributed by atoms with E-state index in [4.69, 9.17) is 22.1 Å². The van der Waals surface area contributed by atoms with Gasteiger partial charge in [-0.15, -0.1) is 11.3 Å². The predicted molar refractivity (Wildman–Crippen MR) is 92.9 cm³/mol. The number of nitrogens with one attached hydrogen (secondary N) is 1. The van der Waals surface area contributed by atoms with Crippen LogP contribution in [0.5, 0.6) is 0 Å². The first-order valence-corrected chi connectivity index (χ1v) is 8.21. The molecule has 1 heterocycles. The molecular formula is C16H15ClN2O4S. The van der Waals surface area contributed by atoms with E-state index in [1.807, 2.05) is 0 Å². The molecule has 126 valence electrons. The van der Waals surface area contributed by atoms with Crippen LogP contribution in [0.15, 0.2) is 24.3 Å². The van der Waals surface area contributed by atoms with Gasteiger partial charge in [0.25, 0.3) is 11.8 Å². The third-order valence-electron chi connectivity index (χ3n) is 3.17. The van der Waals surface area contributed by atoms with E-state index < -0.39 is 17.8 Å². The third kappa shape index (κ3) is 3.74. The summed E-state index contributed by atoms with van der Waals surface area (Å²) in [4.78, 5) is 36.2. The van der Waals surface area contributed by atoms with Gasteiger partial charge in [0.2, 0.25) is 0 Å². The summed E-state index contributed by atoms with van der Waals surface area (Å²) in [7, 11) is 0. The highest BCUT2D eigenvalue weighted by Crippen LogP contribution is 2.33. The molecule has 0 aliphatic heterocycles. The van der Waals surface area contributed by atoms with Crippen molar-refractivity contribution in [2.24, 2.45) is 5.73 Å². The van der Waals surface area contributed by atoms with Crippen molar-refractivity contribution >= 4 is 45.7 Å². The lowest BCUT2D eigenvalue weighted by atomic mass is 10.1. The number of halogens is 1. The van der Waals surface area contributed by atoms with E-state index in [0.29, 0.717) is 16.1 Å². The average molecular weight is 367 g/mol. The van der Waals surface area contributed by atoms with Crippen LogP contribution in [0.4, 0.5) is 5.00 Å². The topological polar surface area (TPSA) is 98.5 Å². The Hall–Kier alpha value is -2.38. The van der Waals surface area contributed by atoms with E-state index in [-0.39, 0.29) is 22.0 Å². The highest BCUT2D eigenvalue weighted by atomic mass is 35.5. The van der Waals surface area contributed by atoms with Gasteiger partial charge in [0, 0.05) is 10.6 Å². The summed E-state index contributed by atoms with van der Waals surface area (Å²) < 4.78 is 4.95. The van der Waals surface area contributed by atoms with Gasteiger partial charge in [0.05, 0.1) is 12.2 Å². The second kappa shape index (κ2) is 7.46. The molecule has 8 heteroatoms. The lowest BCUT2D eigenvalue weighted by molar-refractivity contribution is 0.0531. The van der Waals surface area contributed by atoms with Crippen LogP contribution in [0.3, 0.4) is 0 Å². The van der Waals surface area contributed by atoms with Crippen molar-refractivity contribution in [2.75, 3.05) is 11.9 Å². The largest absolute Gasteiger partial charge is 0.462 e. The van der Waals surface area contributed by atoms with Crippen LogP contribution in [0, 0.1) is 6.92 Å². The molecule has 0 atom stereocenters. The first kappa shape index (κ1) is 18.0. The lowest BCUT2D eigenvalue weighted by Gasteiger charge is -2.05. The fourth-order valence-electron chi connectivity index (χ4n) is 2.09. The van der Waals surface area contributed by atoms with Crippen LogP contribution < -0.4 is 11.1 Å². The standard InChI is InChI=1S/C16H15ClN2O4S/c1-3-23-16(22)12-8(2)11(13(18)20)15(24-12)19-14(21)9-5-4-6-10(17)7-9/h4-7H,3H2,1-2H3,(H2,18,20)(H,19,21). The molecule has 0 saturated heterocycles. The molecular weight excluding hydrogens is 352 g/mol. The molecule has 3 N–H and O–H groups in total. The number of ether oxygens (including phenoxy) is 1. The Morgan fingerprint density at radius 2 is 2.04 bits per heavy atom. The number of esters is 1. The first-order chi connectivity index (χ1) is 11.3. The highest BCUT2D eigenvalue weighted by molar-refractivity contribution is 7.18. The van der Waals surface area contributed by atoms with E-state index in [0.717, 1.165) is 11.3 Å². The van der Waals surface area contributed by atoms with Crippen molar-refractivity contribution in [3.05, 3.63) is 50.9 Å². The Kier molecular flexibility index (Phi) is 5.58. The Morgan fingerprint density at radius 3 is 2.62 bits per heavy atom.